The van der Waals surface area contributed by atoms with Gasteiger partial charge in [-0.3, -0.25) is 4.79 Å². The van der Waals surface area contributed by atoms with Crippen LogP contribution in [-0.2, 0) is 11.2 Å². The Kier molecular flexibility index (Phi) is 5.00. The predicted octanol–water partition coefficient (Wildman–Crippen LogP) is 3.21. The van der Waals surface area contributed by atoms with Crippen LogP contribution in [-0.4, -0.2) is 35.1 Å². The second-order valence-electron chi connectivity index (χ2n) is 5.41. The molecule has 1 N–H and O–H groups in total. The number of piperidine rings is 1. The Bertz CT molecular complexity index is 495. The highest BCUT2D eigenvalue weighted by Crippen LogP contribution is 2.24. The molecule has 0 amide bonds. The van der Waals surface area contributed by atoms with E-state index in [0.717, 1.165) is 13.1 Å². The van der Waals surface area contributed by atoms with Gasteiger partial charge in [-0.25, -0.2) is 4.39 Å². The fourth-order valence-electron chi connectivity index (χ4n) is 2.78. The highest BCUT2D eigenvalue weighted by molar-refractivity contribution is 6.30. The molecular formula is C15H19ClFNO2. The van der Waals surface area contributed by atoms with E-state index in [1.54, 1.807) is 18.2 Å². The molecule has 1 fully saturated rings. The summed E-state index contributed by atoms with van der Waals surface area (Å²) in [6, 6.07) is 5.25. The van der Waals surface area contributed by atoms with Crippen molar-refractivity contribution in [1.29, 1.82) is 0 Å². The largest absolute Gasteiger partial charge is 0.481 e. The van der Waals surface area contributed by atoms with Gasteiger partial charge in [-0.15, -0.1) is 0 Å². The first kappa shape index (κ1) is 15.3. The van der Waals surface area contributed by atoms with Crippen LogP contribution in [0.3, 0.4) is 0 Å². The number of likely N-dealkylation sites (tertiary alicyclic amines) is 1. The van der Waals surface area contributed by atoms with E-state index in [-0.39, 0.29) is 22.8 Å². The number of carboxylic acid groups (broad SMARTS) is 1. The third-order valence-electron chi connectivity index (χ3n) is 4.06. The average molecular weight is 300 g/mol. The quantitative estimate of drug-likeness (QED) is 0.928. The van der Waals surface area contributed by atoms with E-state index < -0.39 is 5.97 Å². The molecule has 110 valence electrons. The molecule has 0 bridgehead atoms. The second-order valence-corrected chi connectivity index (χ2v) is 5.81. The molecule has 1 aromatic rings. The van der Waals surface area contributed by atoms with Gasteiger partial charge in [-0.05, 0) is 44.4 Å². The Labute approximate surface area is 123 Å². The van der Waals surface area contributed by atoms with Crippen molar-refractivity contribution in [3.8, 4) is 0 Å². The fraction of sp³-hybridized carbons (Fsp3) is 0.533. The van der Waals surface area contributed by atoms with Crippen LogP contribution in [0.25, 0.3) is 0 Å². The second kappa shape index (κ2) is 6.55. The van der Waals surface area contributed by atoms with E-state index in [4.69, 9.17) is 16.7 Å². The number of hydrogen-bond donors (Lipinski definition) is 1. The minimum atomic E-state index is -0.711. The van der Waals surface area contributed by atoms with Gasteiger partial charge in [0.05, 0.1) is 10.9 Å². The lowest BCUT2D eigenvalue weighted by Crippen LogP contribution is -2.43. The summed E-state index contributed by atoms with van der Waals surface area (Å²) in [5.74, 6) is -1.30. The number of hydrogen-bond acceptors (Lipinski definition) is 2. The molecule has 20 heavy (non-hydrogen) atoms. The minimum absolute atomic E-state index is 0.153. The lowest BCUT2D eigenvalue weighted by Gasteiger charge is -2.36. The van der Waals surface area contributed by atoms with Crippen molar-refractivity contribution in [2.45, 2.75) is 32.2 Å². The van der Waals surface area contributed by atoms with Crippen LogP contribution >= 0.6 is 11.6 Å². The topological polar surface area (TPSA) is 40.5 Å². The summed E-state index contributed by atoms with van der Waals surface area (Å²) >= 11 is 5.76. The molecule has 3 nitrogen and oxygen atoms in total. The molecule has 2 atom stereocenters. The van der Waals surface area contributed by atoms with Crippen molar-refractivity contribution in [2.75, 3.05) is 13.1 Å². The van der Waals surface area contributed by atoms with E-state index in [2.05, 4.69) is 4.90 Å². The summed E-state index contributed by atoms with van der Waals surface area (Å²) in [6.45, 7) is 3.51. The maximum absolute atomic E-state index is 13.8. The van der Waals surface area contributed by atoms with Crippen molar-refractivity contribution >= 4 is 17.6 Å². The molecule has 1 aliphatic heterocycles. The predicted molar refractivity (Wildman–Crippen MR) is 76.5 cm³/mol. The zero-order chi connectivity index (χ0) is 14.7. The van der Waals surface area contributed by atoms with Crippen LogP contribution in [0.2, 0.25) is 5.02 Å². The summed E-state index contributed by atoms with van der Waals surface area (Å²) in [7, 11) is 0. The van der Waals surface area contributed by atoms with Gasteiger partial charge in [-0.1, -0.05) is 23.7 Å². The summed E-state index contributed by atoms with van der Waals surface area (Å²) in [5, 5.41) is 9.19. The average Bonchev–Trinajstić information content (AvgIpc) is 2.41. The van der Waals surface area contributed by atoms with Gasteiger partial charge < -0.3 is 10.0 Å². The highest BCUT2D eigenvalue weighted by atomic mass is 35.5. The van der Waals surface area contributed by atoms with E-state index in [9.17, 15) is 9.18 Å². The SMILES string of the molecule is CC1CC(C(=O)O)CCN1CCc1cccc(Cl)c1F. The first-order valence-electron chi connectivity index (χ1n) is 6.88. The number of halogens is 2. The fourth-order valence-corrected chi connectivity index (χ4v) is 2.98. The van der Waals surface area contributed by atoms with Gasteiger partial charge >= 0.3 is 5.97 Å². The standard InChI is InChI=1S/C15H19ClFNO2/c1-10-9-12(15(19)20)6-8-18(10)7-5-11-3-2-4-13(16)14(11)17/h2-4,10,12H,5-9H2,1H3,(H,19,20). The van der Waals surface area contributed by atoms with Gasteiger partial charge in [-0.2, -0.15) is 0 Å². The number of aliphatic carboxylic acids is 1. The van der Waals surface area contributed by atoms with Crippen molar-refractivity contribution in [3.05, 3.63) is 34.6 Å². The third kappa shape index (κ3) is 3.49. The van der Waals surface area contributed by atoms with Crippen LogP contribution in [0.1, 0.15) is 25.3 Å². The molecule has 1 aliphatic rings. The monoisotopic (exact) mass is 299 g/mol. The zero-order valence-electron chi connectivity index (χ0n) is 11.5. The van der Waals surface area contributed by atoms with Gasteiger partial charge in [0.1, 0.15) is 5.82 Å². The Hall–Kier alpha value is -1.13. The molecule has 0 radical (unpaired) electrons. The van der Waals surface area contributed by atoms with E-state index in [0.29, 0.717) is 24.8 Å². The smallest absolute Gasteiger partial charge is 0.306 e. The molecule has 1 heterocycles. The van der Waals surface area contributed by atoms with Crippen molar-refractivity contribution in [1.82, 2.24) is 4.90 Å². The van der Waals surface area contributed by atoms with Crippen molar-refractivity contribution in [3.63, 3.8) is 0 Å². The van der Waals surface area contributed by atoms with Gasteiger partial charge in [0.2, 0.25) is 0 Å². The number of nitrogens with zero attached hydrogens (tertiary/aromatic N) is 1. The lowest BCUT2D eigenvalue weighted by atomic mass is 9.91. The number of carbonyl (C=O) groups is 1. The van der Waals surface area contributed by atoms with Crippen LogP contribution in [0.4, 0.5) is 4.39 Å². The molecule has 1 aromatic carbocycles. The first-order valence-corrected chi connectivity index (χ1v) is 7.26. The van der Waals surface area contributed by atoms with E-state index in [1.807, 2.05) is 6.92 Å². The summed E-state index contributed by atoms with van der Waals surface area (Å²) in [6.07, 6.45) is 1.92. The molecule has 0 saturated carbocycles. The third-order valence-corrected chi connectivity index (χ3v) is 4.35. The Morgan fingerprint density at radius 2 is 2.30 bits per heavy atom. The first-order chi connectivity index (χ1) is 9.49. The highest BCUT2D eigenvalue weighted by Gasteiger charge is 2.29. The summed E-state index contributed by atoms with van der Waals surface area (Å²) in [5.41, 5.74) is 0.616. The number of benzene rings is 1. The van der Waals surface area contributed by atoms with Gasteiger partial charge in [0, 0.05) is 12.6 Å². The molecule has 2 rings (SSSR count). The minimum Gasteiger partial charge on any atom is -0.481 e. The molecule has 0 aromatic heterocycles. The molecule has 0 spiro atoms. The Balaban J connectivity index is 1.92. The maximum atomic E-state index is 13.8. The number of rotatable bonds is 4. The van der Waals surface area contributed by atoms with Crippen molar-refractivity contribution in [2.24, 2.45) is 5.92 Å². The summed E-state index contributed by atoms with van der Waals surface area (Å²) < 4.78 is 13.8. The van der Waals surface area contributed by atoms with Crippen LogP contribution < -0.4 is 0 Å². The van der Waals surface area contributed by atoms with Crippen LogP contribution in [0.15, 0.2) is 18.2 Å². The molecule has 2 unspecified atom stereocenters. The van der Waals surface area contributed by atoms with Crippen molar-refractivity contribution < 1.29 is 14.3 Å². The Morgan fingerprint density at radius 3 is 2.95 bits per heavy atom. The van der Waals surface area contributed by atoms with Crippen LogP contribution in [0.5, 0.6) is 0 Å². The molecule has 5 heteroatoms. The molecule has 1 saturated heterocycles. The lowest BCUT2D eigenvalue weighted by molar-refractivity contribution is -0.144. The van der Waals surface area contributed by atoms with Gasteiger partial charge in [0.15, 0.2) is 0 Å². The van der Waals surface area contributed by atoms with Crippen LogP contribution in [0, 0.1) is 11.7 Å². The summed E-state index contributed by atoms with van der Waals surface area (Å²) in [4.78, 5) is 13.2. The molecular weight excluding hydrogens is 281 g/mol. The maximum Gasteiger partial charge on any atom is 0.306 e. The van der Waals surface area contributed by atoms with E-state index >= 15 is 0 Å². The Morgan fingerprint density at radius 1 is 1.55 bits per heavy atom. The number of carboxylic acids is 1. The normalized spacial score (nSPS) is 23.8. The molecule has 0 aliphatic carbocycles. The van der Waals surface area contributed by atoms with E-state index in [1.165, 1.54) is 0 Å². The zero-order valence-corrected chi connectivity index (χ0v) is 12.2. The van der Waals surface area contributed by atoms with Gasteiger partial charge in [0.25, 0.3) is 0 Å².